The molecule has 5 heteroatoms. The molecule has 0 aliphatic rings. The zero-order chi connectivity index (χ0) is 16.8. The van der Waals surface area contributed by atoms with Crippen LogP contribution in [0.15, 0.2) is 66.9 Å². The van der Waals surface area contributed by atoms with Crippen LogP contribution in [0.1, 0.15) is 11.1 Å². The van der Waals surface area contributed by atoms with E-state index < -0.39 is 0 Å². The highest BCUT2D eigenvalue weighted by atomic mass is 35.5. The number of halogens is 1. The molecule has 1 aromatic heterocycles. The van der Waals surface area contributed by atoms with E-state index in [-0.39, 0.29) is 0 Å². The number of nitrogens with zero attached hydrogens (tertiary/aromatic N) is 3. The monoisotopic (exact) mass is 338 g/mol. The molecule has 3 aromatic rings. The van der Waals surface area contributed by atoms with Gasteiger partial charge >= 0.3 is 0 Å². The van der Waals surface area contributed by atoms with E-state index in [2.05, 4.69) is 27.4 Å². The van der Waals surface area contributed by atoms with Gasteiger partial charge in [0.05, 0.1) is 0 Å². The molecule has 0 saturated heterocycles. The standard InChI is InChI=1S/C19H19ClN4/c1-24(14-15-7-3-2-4-8-15)19-21-12-11-18(23-19)22-13-16-9-5-6-10-17(16)20/h2-12H,13-14H2,1H3,(H,21,22,23). The Hall–Kier alpha value is -2.59. The van der Waals surface area contributed by atoms with Gasteiger partial charge in [0.25, 0.3) is 0 Å². The van der Waals surface area contributed by atoms with Gasteiger partial charge in [-0.2, -0.15) is 4.98 Å². The molecule has 0 aliphatic heterocycles. The second-order valence-corrected chi connectivity index (χ2v) is 5.94. The first-order valence-electron chi connectivity index (χ1n) is 7.78. The number of benzene rings is 2. The van der Waals surface area contributed by atoms with Crippen molar-refractivity contribution in [1.82, 2.24) is 9.97 Å². The average molecular weight is 339 g/mol. The summed E-state index contributed by atoms with van der Waals surface area (Å²) in [6.45, 7) is 1.38. The maximum absolute atomic E-state index is 6.18. The SMILES string of the molecule is CN(Cc1ccccc1)c1nccc(NCc2ccccc2Cl)n1. The molecule has 0 aliphatic carbocycles. The summed E-state index contributed by atoms with van der Waals surface area (Å²) in [6, 6.07) is 19.9. The van der Waals surface area contributed by atoms with E-state index in [1.807, 2.05) is 60.5 Å². The molecule has 0 fully saturated rings. The molecule has 0 radical (unpaired) electrons. The van der Waals surface area contributed by atoms with Crippen molar-refractivity contribution < 1.29 is 0 Å². The molecule has 3 rings (SSSR count). The van der Waals surface area contributed by atoms with Crippen LogP contribution in [0.5, 0.6) is 0 Å². The van der Waals surface area contributed by atoms with Crippen LogP contribution in [0.25, 0.3) is 0 Å². The number of hydrogen-bond acceptors (Lipinski definition) is 4. The summed E-state index contributed by atoms with van der Waals surface area (Å²) in [5.74, 6) is 1.46. The molecule has 4 nitrogen and oxygen atoms in total. The molecule has 0 amide bonds. The van der Waals surface area contributed by atoms with Crippen molar-refractivity contribution in [3.63, 3.8) is 0 Å². The minimum absolute atomic E-state index is 0.624. The van der Waals surface area contributed by atoms with E-state index in [4.69, 9.17) is 11.6 Å². The first-order valence-corrected chi connectivity index (χ1v) is 8.15. The summed E-state index contributed by atoms with van der Waals surface area (Å²) >= 11 is 6.18. The van der Waals surface area contributed by atoms with E-state index in [1.54, 1.807) is 6.20 Å². The molecule has 24 heavy (non-hydrogen) atoms. The number of aromatic nitrogens is 2. The molecule has 1 N–H and O–H groups in total. The van der Waals surface area contributed by atoms with Gasteiger partial charge in [0.2, 0.25) is 5.95 Å². The fraction of sp³-hybridized carbons (Fsp3) is 0.158. The van der Waals surface area contributed by atoms with Crippen LogP contribution < -0.4 is 10.2 Å². The van der Waals surface area contributed by atoms with Gasteiger partial charge in [0.1, 0.15) is 5.82 Å². The predicted molar refractivity (Wildman–Crippen MR) is 99.4 cm³/mol. The minimum Gasteiger partial charge on any atom is -0.366 e. The average Bonchev–Trinajstić information content (AvgIpc) is 2.62. The summed E-state index contributed by atoms with van der Waals surface area (Å²) in [6.07, 6.45) is 1.76. The fourth-order valence-electron chi connectivity index (χ4n) is 2.39. The lowest BCUT2D eigenvalue weighted by Gasteiger charge is -2.18. The van der Waals surface area contributed by atoms with E-state index >= 15 is 0 Å². The highest BCUT2D eigenvalue weighted by molar-refractivity contribution is 6.31. The number of nitrogens with one attached hydrogen (secondary N) is 1. The van der Waals surface area contributed by atoms with Crippen molar-refractivity contribution in [2.45, 2.75) is 13.1 Å². The van der Waals surface area contributed by atoms with Gasteiger partial charge in [0, 0.05) is 31.4 Å². The van der Waals surface area contributed by atoms with Gasteiger partial charge in [-0.25, -0.2) is 4.98 Å². The van der Waals surface area contributed by atoms with Crippen LogP contribution in [0.2, 0.25) is 5.02 Å². The van der Waals surface area contributed by atoms with Crippen LogP contribution in [0.4, 0.5) is 11.8 Å². The second-order valence-electron chi connectivity index (χ2n) is 5.53. The van der Waals surface area contributed by atoms with Crippen molar-refractivity contribution in [1.29, 1.82) is 0 Å². The second kappa shape index (κ2) is 7.79. The maximum Gasteiger partial charge on any atom is 0.227 e. The van der Waals surface area contributed by atoms with Crippen LogP contribution in [-0.2, 0) is 13.1 Å². The Kier molecular flexibility index (Phi) is 5.29. The summed E-state index contributed by atoms with van der Waals surface area (Å²) in [5.41, 5.74) is 2.26. The molecule has 0 atom stereocenters. The molecule has 122 valence electrons. The summed E-state index contributed by atoms with van der Waals surface area (Å²) in [4.78, 5) is 11.0. The summed E-state index contributed by atoms with van der Waals surface area (Å²) in [7, 11) is 1.99. The highest BCUT2D eigenvalue weighted by Gasteiger charge is 2.07. The van der Waals surface area contributed by atoms with E-state index in [9.17, 15) is 0 Å². The summed E-state index contributed by atoms with van der Waals surface area (Å²) < 4.78 is 0. The molecule has 0 unspecified atom stereocenters. The summed E-state index contributed by atoms with van der Waals surface area (Å²) in [5, 5.41) is 4.05. The predicted octanol–water partition coefficient (Wildman–Crippen LogP) is 4.38. The van der Waals surface area contributed by atoms with Crippen molar-refractivity contribution in [3.05, 3.63) is 83.0 Å². The molecular formula is C19H19ClN4. The Morgan fingerprint density at radius 2 is 1.75 bits per heavy atom. The lowest BCUT2D eigenvalue weighted by atomic mass is 10.2. The van der Waals surface area contributed by atoms with Gasteiger partial charge in [0.15, 0.2) is 0 Å². The quantitative estimate of drug-likeness (QED) is 0.724. The van der Waals surface area contributed by atoms with Crippen LogP contribution in [0.3, 0.4) is 0 Å². The zero-order valence-corrected chi connectivity index (χ0v) is 14.2. The minimum atomic E-state index is 0.624. The lowest BCUT2D eigenvalue weighted by molar-refractivity contribution is 0.865. The molecule has 0 spiro atoms. The van der Waals surface area contributed by atoms with Gasteiger partial charge in [-0.3, -0.25) is 0 Å². The molecule has 1 heterocycles. The van der Waals surface area contributed by atoms with Crippen LogP contribution in [-0.4, -0.2) is 17.0 Å². The lowest BCUT2D eigenvalue weighted by Crippen LogP contribution is -2.19. The number of rotatable bonds is 6. The first-order chi connectivity index (χ1) is 11.7. The largest absolute Gasteiger partial charge is 0.366 e. The first kappa shape index (κ1) is 16.3. The van der Waals surface area contributed by atoms with Gasteiger partial charge in [-0.15, -0.1) is 0 Å². The smallest absolute Gasteiger partial charge is 0.227 e. The van der Waals surface area contributed by atoms with Crippen LogP contribution in [0, 0.1) is 0 Å². The Balaban J connectivity index is 1.66. The molecule has 0 saturated carbocycles. The van der Waals surface area contributed by atoms with Gasteiger partial charge < -0.3 is 10.2 Å². The van der Waals surface area contributed by atoms with Gasteiger partial charge in [-0.05, 0) is 23.3 Å². The van der Waals surface area contributed by atoms with Crippen molar-refractivity contribution in [2.24, 2.45) is 0 Å². The topological polar surface area (TPSA) is 41.1 Å². The Morgan fingerprint density at radius 1 is 1.00 bits per heavy atom. The van der Waals surface area contributed by atoms with Crippen molar-refractivity contribution in [3.8, 4) is 0 Å². The Morgan fingerprint density at radius 3 is 2.54 bits per heavy atom. The zero-order valence-electron chi connectivity index (χ0n) is 13.5. The maximum atomic E-state index is 6.18. The number of anilines is 2. The Bertz CT molecular complexity index is 792. The van der Waals surface area contributed by atoms with E-state index in [1.165, 1.54) is 5.56 Å². The van der Waals surface area contributed by atoms with Crippen molar-refractivity contribution >= 4 is 23.4 Å². The Labute approximate surface area is 147 Å². The third-order valence-corrected chi connectivity index (χ3v) is 4.03. The normalized spacial score (nSPS) is 10.4. The fourth-order valence-corrected chi connectivity index (χ4v) is 2.59. The van der Waals surface area contributed by atoms with Crippen LogP contribution >= 0.6 is 11.6 Å². The molecule has 2 aromatic carbocycles. The highest BCUT2D eigenvalue weighted by Crippen LogP contribution is 2.17. The van der Waals surface area contributed by atoms with Crippen molar-refractivity contribution in [2.75, 3.05) is 17.3 Å². The van der Waals surface area contributed by atoms with Gasteiger partial charge in [-0.1, -0.05) is 60.1 Å². The van der Waals surface area contributed by atoms with E-state index in [0.29, 0.717) is 12.5 Å². The molecule has 0 bridgehead atoms. The molecular weight excluding hydrogens is 320 g/mol. The number of hydrogen-bond donors (Lipinski definition) is 1. The van der Waals surface area contributed by atoms with E-state index in [0.717, 1.165) is 22.9 Å². The third kappa shape index (κ3) is 4.24. The third-order valence-electron chi connectivity index (χ3n) is 3.66.